The number of benzene rings is 1. The summed E-state index contributed by atoms with van der Waals surface area (Å²) >= 11 is 0. The van der Waals surface area contributed by atoms with E-state index in [1.807, 2.05) is 224 Å². The van der Waals surface area contributed by atoms with Crippen LogP contribution in [0.1, 0.15) is 139 Å². The quantitative estimate of drug-likeness (QED) is 0.0962. The number of likely N-dealkylation sites (tertiary alicyclic amines) is 4. The molecular formula is C110H116N28O7. The van der Waals surface area contributed by atoms with Crippen LogP contribution in [0.2, 0.25) is 0 Å². The topological polar surface area (TPSA) is 354 Å². The van der Waals surface area contributed by atoms with E-state index in [0.29, 0.717) is 93.5 Å². The molecule has 2 N–H and O–H groups in total. The largest absolute Gasteiger partial charge is 0.395 e. The van der Waals surface area contributed by atoms with E-state index in [0.717, 1.165) is 237 Å². The Kier molecular flexibility index (Phi) is 27.3. The monoisotopic (exact) mass is 1940 g/mol. The van der Waals surface area contributed by atoms with Crippen LogP contribution in [0, 0.1) is 27.7 Å². The summed E-state index contributed by atoms with van der Waals surface area (Å²) in [4.78, 5) is 131. The number of rotatable bonds is 15. The molecule has 0 radical (unpaired) electrons. The van der Waals surface area contributed by atoms with Gasteiger partial charge in [-0.2, -0.15) is 5.10 Å². The van der Waals surface area contributed by atoms with E-state index in [1.165, 1.54) is 11.1 Å². The summed E-state index contributed by atoms with van der Waals surface area (Å²) in [6, 6.07) is 37.5. The van der Waals surface area contributed by atoms with E-state index in [9.17, 15) is 24.0 Å². The number of imidazole rings is 4. The van der Waals surface area contributed by atoms with E-state index >= 15 is 0 Å². The van der Waals surface area contributed by atoms with Crippen LogP contribution in [0.5, 0.6) is 0 Å². The number of nitrogens with zero attached hydrogens (tertiary/aromatic N) is 28. The average molecular weight is 1940 g/mol. The van der Waals surface area contributed by atoms with Crippen molar-refractivity contribution in [1.82, 2.24) is 134 Å². The van der Waals surface area contributed by atoms with Crippen molar-refractivity contribution < 1.29 is 10.2 Å². The Morgan fingerprint density at radius 2 is 0.662 bits per heavy atom. The van der Waals surface area contributed by atoms with Gasteiger partial charge in [0.1, 0.15) is 33.9 Å². The first-order valence-electron chi connectivity index (χ1n) is 49.9. The van der Waals surface area contributed by atoms with Crippen molar-refractivity contribution in [2.24, 2.45) is 7.05 Å². The molecule has 0 atom stereocenters. The third kappa shape index (κ3) is 21.1. The molecule has 24 heterocycles. The predicted molar refractivity (Wildman–Crippen MR) is 561 cm³/mol. The van der Waals surface area contributed by atoms with E-state index in [1.54, 1.807) is 75.6 Å². The molecule has 0 unspecified atom stereocenters. The number of piperidine rings is 4. The minimum absolute atomic E-state index is 0.0407. The van der Waals surface area contributed by atoms with Crippen molar-refractivity contribution in [1.29, 1.82) is 0 Å². The zero-order valence-corrected chi connectivity index (χ0v) is 82.7. The van der Waals surface area contributed by atoms with E-state index in [4.69, 9.17) is 20.2 Å². The zero-order chi connectivity index (χ0) is 99.8. The smallest absolute Gasteiger partial charge is 0.258 e. The molecule has 5 aliphatic heterocycles. The normalized spacial score (nSPS) is 15.9. The highest BCUT2D eigenvalue weighted by Gasteiger charge is 2.28. The third-order valence-corrected chi connectivity index (χ3v) is 28.7. The third-order valence-electron chi connectivity index (χ3n) is 28.7. The fourth-order valence-corrected chi connectivity index (χ4v) is 20.6. The molecule has 35 nitrogen and oxygen atoms in total. The molecule has 4 saturated heterocycles. The number of hydrogen-bond donors (Lipinski definition) is 2. The summed E-state index contributed by atoms with van der Waals surface area (Å²) in [6.45, 7) is 23.0. The molecule has 0 spiro atoms. The minimum atomic E-state index is -0.113. The number of fused-ring (bicyclic) bond motifs is 10. The van der Waals surface area contributed by atoms with Crippen LogP contribution in [0.4, 0.5) is 0 Å². The maximum atomic E-state index is 12.9. The van der Waals surface area contributed by atoms with E-state index in [-0.39, 0.29) is 41.0 Å². The fraction of sp³-hybridized carbons (Fsp3) is 0.327. The van der Waals surface area contributed by atoms with Gasteiger partial charge >= 0.3 is 0 Å². The van der Waals surface area contributed by atoms with Crippen molar-refractivity contribution >= 4 is 67.3 Å². The highest BCUT2D eigenvalue weighted by molar-refractivity contribution is 5.84. The van der Waals surface area contributed by atoms with Crippen LogP contribution in [-0.2, 0) is 7.05 Å². The van der Waals surface area contributed by atoms with Crippen molar-refractivity contribution in [3.8, 4) is 56.3 Å². The number of aromatic nitrogens is 23. The van der Waals surface area contributed by atoms with Crippen molar-refractivity contribution in [3.63, 3.8) is 0 Å². The highest BCUT2D eigenvalue weighted by Crippen LogP contribution is 2.34. The number of aryl methyl sites for hydroxylation is 5. The molecule has 0 aliphatic carbocycles. The second-order valence-electron chi connectivity index (χ2n) is 38.9. The molecule has 0 saturated carbocycles. The first-order chi connectivity index (χ1) is 70.4. The molecule has 1 aromatic carbocycles. The van der Waals surface area contributed by atoms with Crippen LogP contribution in [0.3, 0.4) is 0 Å². The van der Waals surface area contributed by atoms with E-state index in [2.05, 4.69) is 113 Å². The lowest BCUT2D eigenvalue weighted by atomic mass is 9.91. The standard InChI is InChI=1S/C23H23N5O2.C22H24N6O2.C22H24N6O.C22H23N5O.C21H22N6O/c1-16-13-27-14-19(3-4-21(27)24-16)20-12-23(30)28-15-18(2-5-22(28)25-20)17-6-8-26(9-7-17)10-11-29;1-15-12-27-13-17(2-3-20(27)24-15)18-10-22(30)28-14-19(23-11-21(28)25-18)16-4-6-26(7-5-16)8-9-29;1-3-26-8-6-16(7-9-26)19-14-28-21(11-23-19)25-18(10-22(28)29)17-4-5-20-24-15(2)12-27(20)13-17;1-25-9-7-15(8-10-25)17-4-6-21-23-20(12-22(28)27(21)14-17)16-3-5-19-18(11-16)13-26(2)24-19;1-14-11-26-12-16(3-4-19(26)23-14)17-9-21(28)27-13-18(22-10-20(27)24-17)15-5-7-25(2)8-6-15/h2-6,12-15,29H,7-11H2,1H3;2-3,10-14,16,29H,4-9H2,1H3;4-5,10-14,16H,3,6-9H2,1-2H3;3-6,11-15H,7-10H2,1-2H3;3-4,9-13,15H,5-8H2,1-2H3. The van der Waals surface area contributed by atoms with Gasteiger partial charge < -0.3 is 47.4 Å². The summed E-state index contributed by atoms with van der Waals surface area (Å²) in [7, 11) is 6.21. The van der Waals surface area contributed by atoms with Gasteiger partial charge in [-0.05, 0) is 260 Å². The molecule has 20 aromatic rings. The van der Waals surface area contributed by atoms with Gasteiger partial charge in [-0.15, -0.1) is 0 Å². The van der Waals surface area contributed by atoms with Crippen LogP contribution < -0.4 is 27.8 Å². The SMILES string of the molecule is CCN1CCC(c2cn3c(=O)cc(-c4ccc5nc(C)cn5c4)nc3cn2)CC1.CN1CCC(c2ccc3nc(-c4ccc5nn(C)cc5c4)cc(=O)n3c2)CC1.Cc1cn2cc(-c3cc(=O)n4cc(C5=CCN(CCO)CC5)ccc4n3)ccc2n1.Cc1cn2cc(-c3cc(=O)n4cc(C5CCN(C)CC5)ncc4n3)ccc2n1.Cc1cn2cc(-c3cc(=O)n4cc(C5CCN(CCO)CC5)ncc4n3)ccc2n1. The minimum Gasteiger partial charge on any atom is -0.395 e. The highest BCUT2D eigenvalue weighted by atomic mass is 16.3. The molecular weight excluding hydrogens is 1830 g/mol. The average Bonchev–Trinajstić information content (AvgIpc) is 1.39. The molecule has 4 fully saturated rings. The predicted octanol–water partition coefficient (Wildman–Crippen LogP) is 12.8. The number of aliphatic hydroxyl groups is 2. The van der Waals surface area contributed by atoms with Gasteiger partial charge in [-0.25, -0.2) is 44.9 Å². The van der Waals surface area contributed by atoms with E-state index < -0.39 is 0 Å². The van der Waals surface area contributed by atoms with Crippen LogP contribution in [-0.4, -0.2) is 256 Å². The van der Waals surface area contributed by atoms with Crippen LogP contribution >= 0.6 is 0 Å². The Bertz CT molecular complexity index is 8430. The molecule has 0 amide bonds. The zero-order valence-electron chi connectivity index (χ0n) is 82.7. The van der Waals surface area contributed by atoms with Gasteiger partial charge in [0.2, 0.25) is 0 Å². The summed E-state index contributed by atoms with van der Waals surface area (Å²) in [5.41, 5.74) is 24.9. The van der Waals surface area contributed by atoms with Gasteiger partial charge in [-0.1, -0.05) is 25.1 Å². The van der Waals surface area contributed by atoms with Gasteiger partial charge in [0.15, 0.2) is 16.9 Å². The lowest BCUT2D eigenvalue weighted by molar-refractivity contribution is 0.163. The molecule has 5 aliphatic rings. The Morgan fingerprint density at radius 1 is 0.317 bits per heavy atom. The number of β-amino-alcohol motifs (C(OH)–C–C–N with tert-alkyl or cyclic N) is 2. The summed E-state index contributed by atoms with van der Waals surface area (Å²) in [5, 5.41) is 23.6. The Labute approximate surface area is 833 Å². The summed E-state index contributed by atoms with van der Waals surface area (Å²) in [6.07, 6.45) is 43.8. The van der Waals surface area contributed by atoms with Gasteiger partial charge in [0, 0.05) is 201 Å². The van der Waals surface area contributed by atoms with Crippen molar-refractivity contribution in [3.05, 3.63) is 336 Å². The Hall–Kier alpha value is -15.5. The number of pyridine rings is 6. The van der Waals surface area contributed by atoms with Crippen molar-refractivity contribution in [2.75, 3.05) is 112 Å². The van der Waals surface area contributed by atoms with Crippen LogP contribution in [0.25, 0.3) is 124 Å². The maximum Gasteiger partial charge on any atom is 0.258 e. The number of hydrogen-bond acceptors (Lipinski definition) is 25. The molecule has 738 valence electrons. The Balaban J connectivity index is 0.000000107. The summed E-state index contributed by atoms with van der Waals surface area (Å²) < 4.78 is 17.7. The second kappa shape index (κ2) is 41.4. The molecule has 19 aromatic heterocycles. The lowest BCUT2D eigenvalue weighted by Crippen LogP contribution is -2.35. The van der Waals surface area contributed by atoms with Gasteiger partial charge in [0.05, 0.1) is 106 Å². The fourth-order valence-electron chi connectivity index (χ4n) is 20.6. The molecule has 25 rings (SSSR count). The molecule has 145 heavy (non-hydrogen) atoms. The van der Waals surface area contributed by atoms with Crippen molar-refractivity contribution in [2.45, 2.75) is 116 Å². The maximum absolute atomic E-state index is 12.9. The lowest BCUT2D eigenvalue weighted by Gasteiger charge is -2.31. The van der Waals surface area contributed by atoms with Gasteiger partial charge in [0.25, 0.3) is 27.8 Å². The number of aliphatic hydroxyl groups excluding tert-OH is 2. The summed E-state index contributed by atoms with van der Waals surface area (Å²) in [5.74, 6) is 1.64. The molecule has 0 bridgehead atoms. The first-order valence-corrected chi connectivity index (χ1v) is 49.9. The van der Waals surface area contributed by atoms with Gasteiger partial charge in [-0.3, -0.25) is 70.5 Å². The molecule has 35 heteroatoms. The Morgan fingerprint density at radius 3 is 1.06 bits per heavy atom. The first kappa shape index (κ1) is 95.7. The second-order valence-corrected chi connectivity index (χ2v) is 38.9. The van der Waals surface area contributed by atoms with Crippen LogP contribution in [0.15, 0.2) is 257 Å².